The van der Waals surface area contributed by atoms with E-state index in [4.69, 9.17) is 14.6 Å². The minimum atomic E-state index is -5.10. The van der Waals surface area contributed by atoms with Crippen molar-refractivity contribution in [1.82, 2.24) is 0 Å². The van der Waals surface area contributed by atoms with Crippen molar-refractivity contribution < 1.29 is 48.7 Å². The third-order valence-electron chi connectivity index (χ3n) is 5.11. The van der Waals surface area contributed by atoms with E-state index < -0.39 is 50.6 Å². The van der Waals surface area contributed by atoms with E-state index in [2.05, 4.69) is 11.4 Å². The monoisotopic (exact) mass is 456 g/mol. The summed E-state index contributed by atoms with van der Waals surface area (Å²) < 4.78 is 26.8. The van der Waals surface area contributed by atoms with Crippen molar-refractivity contribution in [2.75, 3.05) is 13.2 Å². The summed E-state index contributed by atoms with van der Waals surface area (Å²) in [5.41, 5.74) is -2.11. The first-order chi connectivity index (χ1) is 14.2. The molecule has 0 aliphatic carbocycles. The molecule has 178 valence electrons. The average Bonchev–Trinajstić information content (AvgIpc) is 2.70. The molecule has 0 amide bonds. The molecule has 0 radical (unpaired) electrons. The van der Waals surface area contributed by atoms with Gasteiger partial charge in [-0.25, -0.2) is 9.36 Å². The van der Waals surface area contributed by atoms with Crippen molar-refractivity contribution in [3.8, 4) is 0 Å². The van der Waals surface area contributed by atoms with Crippen molar-refractivity contribution in [2.45, 2.75) is 102 Å². The Balaban J connectivity index is 2.31. The zero-order chi connectivity index (χ0) is 22.6. The molecule has 30 heavy (non-hydrogen) atoms. The summed E-state index contributed by atoms with van der Waals surface area (Å²) in [6.07, 6.45) is 3.80. The highest BCUT2D eigenvalue weighted by atomic mass is 31.2. The first-order valence-electron chi connectivity index (χ1n) is 10.7. The number of hydrogen-bond acceptors (Lipinski definition) is 8. The second-order valence-corrected chi connectivity index (χ2v) is 9.27. The van der Waals surface area contributed by atoms with Gasteiger partial charge in [0.05, 0.1) is 6.61 Å². The standard InChI is InChI=1S/C19H37O10P/c1-2-3-4-5-6-7-8-9-10-11-12-27-18-16(22)15(21)17(14(13-20)28-18)29-30(25,26)19(23)24/h14-18,20-22H,2-13H2,1H3,(H,23,24)(H,25,26)/t14-,15-,16-,17-,18-/m1/s1. The number of aliphatic hydroxyl groups excluding tert-OH is 3. The van der Waals surface area contributed by atoms with Gasteiger partial charge in [0.1, 0.15) is 24.4 Å². The lowest BCUT2D eigenvalue weighted by atomic mass is 9.99. The number of aliphatic hydroxyl groups is 3. The van der Waals surface area contributed by atoms with Crippen LogP contribution in [0.1, 0.15) is 71.1 Å². The SMILES string of the molecule is CCCCCCCCCCCCO[C@@H]1O[C@H](CO)[C@@H](OP(=O)(O)C(=O)O)[C@H](O)[C@H]1O. The smallest absolute Gasteiger partial charge is 0.436 e. The summed E-state index contributed by atoms with van der Waals surface area (Å²) in [6.45, 7) is 1.73. The highest BCUT2D eigenvalue weighted by Crippen LogP contribution is 2.46. The maximum atomic E-state index is 11.5. The highest BCUT2D eigenvalue weighted by Gasteiger charge is 2.49. The highest BCUT2D eigenvalue weighted by molar-refractivity contribution is 7.70. The van der Waals surface area contributed by atoms with Crippen LogP contribution >= 0.6 is 7.60 Å². The summed E-state index contributed by atoms with van der Waals surface area (Å²) in [5.74, 6) is 0. The predicted molar refractivity (Wildman–Crippen MR) is 108 cm³/mol. The topological polar surface area (TPSA) is 163 Å². The minimum absolute atomic E-state index is 0.266. The molecule has 1 unspecified atom stereocenters. The van der Waals surface area contributed by atoms with Crippen LogP contribution in [-0.2, 0) is 18.6 Å². The van der Waals surface area contributed by atoms with Crippen LogP contribution in [0, 0.1) is 0 Å². The van der Waals surface area contributed by atoms with E-state index in [1.165, 1.54) is 38.5 Å². The molecule has 10 nitrogen and oxygen atoms in total. The van der Waals surface area contributed by atoms with Gasteiger partial charge in [-0.3, -0.25) is 4.52 Å². The van der Waals surface area contributed by atoms with Crippen molar-refractivity contribution in [3.63, 3.8) is 0 Å². The first kappa shape index (κ1) is 27.5. The van der Waals surface area contributed by atoms with Crippen LogP contribution in [0.5, 0.6) is 0 Å². The van der Waals surface area contributed by atoms with Crippen LogP contribution in [0.25, 0.3) is 0 Å². The summed E-state index contributed by atoms with van der Waals surface area (Å²) in [5, 5.41) is 38.4. The summed E-state index contributed by atoms with van der Waals surface area (Å²) in [7, 11) is -5.10. The summed E-state index contributed by atoms with van der Waals surface area (Å²) >= 11 is 0. The lowest BCUT2D eigenvalue weighted by Crippen LogP contribution is -2.59. The molecule has 1 aliphatic heterocycles. The van der Waals surface area contributed by atoms with E-state index in [9.17, 15) is 29.6 Å². The van der Waals surface area contributed by atoms with Crippen LogP contribution in [0.4, 0.5) is 4.79 Å². The van der Waals surface area contributed by atoms with E-state index in [0.29, 0.717) is 0 Å². The maximum absolute atomic E-state index is 11.5. The molecule has 11 heteroatoms. The Labute approximate surface area is 177 Å². The number of unbranched alkanes of at least 4 members (excludes halogenated alkanes) is 9. The second-order valence-electron chi connectivity index (χ2n) is 7.63. The number of hydrogen-bond donors (Lipinski definition) is 5. The van der Waals surface area contributed by atoms with Gasteiger partial charge in [-0.2, -0.15) is 0 Å². The fourth-order valence-corrected chi connectivity index (χ4v) is 4.00. The molecule has 5 N–H and O–H groups in total. The molecule has 0 aromatic heterocycles. The maximum Gasteiger partial charge on any atom is 0.436 e. The zero-order valence-electron chi connectivity index (χ0n) is 17.6. The number of carboxylic acid groups (broad SMARTS) is 1. The molecule has 1 heterocycles. The number of carbonyl (C=O) groups is 1. The number of rotatable bonds is 16. The van der Waals surface area contributed by atoms with Crippen LogP contribution in [0.15, 0.2) is 0 Å². The summed E-state index contributed by atoms with van der Waals surface area (Å²) in [6, 6.07) is 0. The van der Waals surface area contributed by atoms with Crippen LogP contribution in [0.3, 0.4) is 0 Å². The van der Waals surface area contributed by atoms with Gasteiger partial charge in [0.15, 0.2) is 6.29 Å². The van der Waals surface area contributed by atoms with E-state index in [1.54, 1.807) is 0 Å². The third kappa shape index (κ3) is 9.28. The quantitative estimate of drug-likeness (QED) is 0.172. The van der Waals surface area contributed by atoms with Gasteiger partial charge in [-0.15, -0.1) is 0 Å². The van der Waals surface area contributed by atoms with Crippen molar-refractivity contribution >= 4 is 13.3 Å². The normalized spacial score (nSPS) is 28.9. The Kier molecular flexibility index (Phi) is 13.2. The molecule has 0 saturated carbocycles. The second kappa shape index (κ2) is 14.5. The zero-order valence-corrected chi connectivity index (χ0v) is 18.5. The van der Waals surface area contributed by atoms with Gasteiger partial charge >= 0.3 is 13.3 Å². The Hall–Kier alpha value is -0.580. The van der Waals surface area contributed by atoms with E-state index in [-0.39, 0.29) is 6.61 Å². The van der Waals surface area contributed by atoms with Gasteiger partial charge in [0.2, 0.25) is 0 Å². The van der Waals surface area contributed by atoms with Crippen LogP contribution in [0.2, 0.25) is 0 Å². The Morgan fingerprint density at radius 3 is 2.00 bits per heavy atom. The van der Waals surface area contributed by atoms with Gasteiger partial charge < -0.3 is 34.8 Å². The molecule has 1 saturated heterocycles. The Morgan fingerprint density at radius 1 is 0.967 bits per heavy atom. The van der Waals surface area contributed by atoms with Crippen LogP contribution in [-0.4, -0.2) is 74.9 Å². The lowest BCUT2D eigenvalue weighted by molar-refractivity contribution is -0.297. The van der Waals surface area contributed by atoms with Gasteiger partial charge in [0, 0.05) is 6.61 Å². The molecule has 0 aromatic carbocycles. The molecule has 1 rings (SSSR count). The lowest BCUT2D eigenvalue weighted by Gasteiger charge is -2.41. The van der Waals surface area contributed by atoms with Crippen molar-refractivity contribution in [3.05, 3.63) is 0 Å². The Morgan fingerprint density at radius 2 is 1.50 bits per heavy atom. The van der Waals surface area contributed by atoms with Gasteiger partial charge in [-0.05, 0) is 6.42 Å². The predicted octanol–water partition coefficient (Wildman–Crippen LogP) is 2.61. The van der Waals surface area contributed by atoms with Gasteiger partial charge in [0.25, 0.3) is 0 Å². The molecule has 6 atom stereocenters. The average molecular weight is 456 g/mol. The van der Waals surface area contributed by atoms with Crippen LogP contribution < -0.4 is 0 Å². The van der Waals surface area contributed by atoms with Crippen molar-refractivity contribution in [1.29, 1.82) is 0 Å². The first-order valence-corrected chi connectivity index (χ1v) is 12.3. The van der Waals surface area contributed by atoms with E-state index in [0.717, 1.165) is 25.7 Å². The van der Waals surface area contributed by atoms with Crippen molar-refractivity contribution in [2.24, 2.45) is 0 Å². The fourth-order valence-electron chi connectivity index (χ4n) is 3.32. The summed E-state index contributed by atoms with van der Waals surface area (Å²) in [4.78, 5) is 20.1. The largest absolute Gasteiger partial charge is 0.472 e. The Bertz CT molecular complexity index is 529. The molecular formula is C19H37O10P. The minimum Gasteiger partial charge on any atom is -0.472 e. The molecule has 1 aliphatic rings. The third-order valence-corrected chi connectivity index (χ3v) is 6.12. The van der Waals surface area contributed by atoms with Gasteiger partial charge in [-0.1, -0.05) is 64.7 Å². The molecule has 0 aromatic rings. The molecular weight excluding hydrogens is 419 g/mol. The van der Waals surface area contributed by atoms with E-state index in [1.807, 2.05) is 0 Å². The number of ether oxygens (including phenoxy) is 2. The molecule has 0 spiro atoms. The van der Waals surface area contributed by atoms with E-state index >= 15 is 0 Å². The molecule has 0 bridgehead atoms. The molecule has 1 fully saturated rings. The fraction of sp³-hybridized carbons (Fsp3) is 0.947.